The highest BCUT2D eigenvalue weighted by molar-refractivity contribution is 7.26. The van der Waals surface area contributed by atoms with Crippen molar-refractivity contribution < 1.29 is 0 Å². The summed E-state index contributed by atoms with van der Waals surface area (Å²) in [5.41, 5.74) is 16.5. The molecule has 0 aliphatic carbocycles. The van der Waals surface area contributed by atoms with Gasteiger partial charge in [0.15, 0.2) is 0 Å². The monoisotopic (exact) mass is 726 g/mol. The fourth-order valence-corrected chi connectivity index (χ4v) is 11.1. The Morgan fingerprint density at radius 1 is 0.446 bits per heavy atom. The molecule has 258 valence electrons. The van der Waals surface area contributed by atoms with Crippen molar-refractivity contribution in [2.24, 2.45) is 0 Å². The Morgan fingerprint density at radius 3 is 1.91 bits per heavy atom. The van der Waals surface area contributed by atoms with Crippen molar-refractivity contribution in [2.45, 2.75) is 0 Å². The summed E-state index contributed by atoms with van der Waals surface area (Å²) in [5.74, 6) is 0. The van der Waals surface area contributed by atoms with Crippen molar-refractivity contribution in [1.82, 2.24) is 4.48 Å². The Kier molecular flexibility index (Phi) is 6.16. The number of para-hydroxylation sites is 1. The quantitative estimate of drug-likeness (QED) is 0.165. The number of hydrogen-bond acceptors (Lipinski definition) is 2. The van der Waals surface area contributed by atoms with E-state index >= 15 is 0 Å². The molecule has 2 nitrogen and oxygen atoms in total. The topological polar surface area (TPSA) is 8.17 Å². The molecule has 0 spiro atoms. The molecule has 0 unspecified atom stereocenters. The normalized spacial score (nSPS) is 12.9. The molecule has 56 heavy (non-hydrogen) atoms. The smallest absolute Gasteiger partial charge is 0.333 e. The van der Waals surface area contributed by atoms with Crippen LogP contribution in [0.3, 0.4) is 0 Å². The van der Waals surface area contributed by atoms with E-state index < -0.39 is 0 Å². The summed E-state index contributed by atoms with van der Waals surface area (Å²) in [6.07, 6.45) is 0. The molecule has 9 aromatic carbocycles. The Labute approximate surface area is 328 Å². The molecule has 0 atom stereocenters. The molecule has 13 rings (SSSR count). The second-order valence-corrected chi connectivity index (χ2v) is 16.3. The Bertz CT molecular complexity index is 3420. The number of thiophene rings is 1. The van der Waals surface area contributed by atoms with Crippen molar-refractivity contribution in [2.75, 3.05) is 4.90 Å². The third-order valence-corrected chi connectivity index (χ3v) is 13.5. The van der Waals surface area contributed by atoms with E-state index in [9.17, 15) is 0 Å². The molecule has 0 amide bonds. The van der Waals surface area contributed by atoms with Crippen molar-refractivity contribution in [3.63, 3.8) is 0 Å². The van der Waals surface area contributed by atoms with Gasteiger partial charge in [-0.25, -0.2) is 0 Å². The van der Waals surface area contributed by atoms with Gasteiger partial charge in [0.05, 0.1) is 10.4 Å². The zero-order valence-electron chi connectivity index (χ0n) is 30.3. The number of benzene rings is 9. The second-order valence-electron chi connectivity index (χ2n) is 15.2. The van der Waals surface area contributed by atoms with Crippen LogP contribution in [0.15, 0.2) is 188 Å². The Balaban J connectivity index is 1.19. The highest BCUT2D eigenvalue weighted by Gasteiger charge is 2.44. The van der Waals surface area contributed by atoms with Gasteiger partial charge in [-0.15, -0.1) is 11.3 Å². The van der Waals surface area contributed by atoms with Gasteiger partial charge in [-0.3, -0.25) is 0 Å². The fourth-order valence-electron chi connectivity index (χ4n) is 9.88. The van der Waals surface area contributed by atoms with Crippen molar-refractivity contribution in [3.05, 3.63) is 188 Å². The molecule has 0 fully saturated rings. The lowest BCUT2D eigenvalue weighted by molar-refractivity contribution is 1.27. The molecule has 0 N–H and O–H groups in total. The lowest BCUT2D eigenvalue weighted by Crippen LogP contribution is -2.56. The number of aromatic nitrogens is 1. The first-order valence-corrected chi connectivity index (χ1v) is 20.2. The van der Waals surface area contributed by atoms with E-state index in [1.807, 2.05) is 11.3 Å². The minimum absolute atomic E-state index is 0.0378. The lowest BCUT2D eigenvalue weighted by atomic mass is 9.45. The van der Waals surface area contributed by atoms with Gasteiger partial charge >= 0.3 is 6.85 Å². The van der Waals surface area contributed by atoms with E-state index in [0.29, 0.717) is 0 Å². The van der Waals surface area contributed by atoms with E-state index in [1.54, 1.807) is 0 Å². The van der Waals surface area contributed by atoms with Gasteiger partial charge in [0.1, 0.15) is 0 Å². The first kappa shape index (κ1) is 30.5. The summed E-state index contributed by atoms with van der Waals surface area (Å²) in [4.78, 5) is 2.58. The molecule has 2 aliphatic rings. The molecule has 0 bridgehead atoms. The maximum Gasteiger partial charge on any atom is 0.333 e. The van der Waals surface area contributed by atoms with Crippen molar-refractivity contribution >= 4 is 98.9 Å². The number of fused-ring (bicyclic) bond motifs is 12. The van der Waals surface area contributed by atoms with Gasteiger partial charge in [-0.05, 0) is 92.0 Å². The zero-order valence-corrected chi connectivity index (χ0v) is 31.1. The van der Waals surface area contributed by atoms with Crippen LogP contribution in [0.1, 0.15) is 0 Å². The average Bonchev–Trinajstić information content (AvgIpc) is 3.80. The number of hydrogen-bond donors (Lipinski definition) is 0. The molecule has 4 heteroatoms. The van der Waals surface area contributed by atoms with Gasteiger partial charge in [-0.2, -0.15) is 0 Å². The van der Waals surface area contributed by atoms with Crippen LogP contribution in [0.2, 0.25) is 0 Å². The maximum absolute atomic E-state index is 2.70. The first-order chi connectivity index (χ1) is 27.8. The van der Waals surface area contributed by atoms with Crippen molar-refractivity contribution in [1.29, 1.82) is 0 Å². The van der Waals surface area contributed by atoms with Crippen LogP contribution >= 0.6 is 11.3 Å². The predicted octanol–water partition coefficient (Wildman–Crippen LogP) is 13.1. The summed E-state index contributed by atoms with van der Waals surface area (Å²) < 4.78 is 5.34. The summed E-state index contributed by atoms with van der Waals surface area (Å²) in [6.45, 7) is -0.0378. The van der Waals surface area contributed by atoms with Crippen LogP contribution in [-0.2, 0) is 0 Å². The Hall–Kier alpha value is -6.88. The first-order valence-electron chi connectivity index (χ1n) is 19.4. The van der Waals surface area contributed by atoms with E-state index in [2.05, 4.69) is 197 Å². The molecule has 11 aromatic rings. The lowest BCUT2D eigenvalue weighted by Gasteiger charge is -2.41. The summed E-state index contributed by atoms with van der Waals surface area (Å²) in [5, 5.41) is 7.79. The maximum atomic E-state index is 2.70. The summed E-state index contributed by atoms with van der Waals surface area (Å²) >= 11 is 1.93. The highest BCUT2D eigenvalue weighted by atomic mass is 32.1. The largest absolute Gasteiger partial charge is 0.375 e. The Morgan fingerprint density at radius 2 is 1.11 bits per heavy atom. The number of nitrogens with zero attached hydrogens (tertiary/aromatic N) is 2. The van der Waals surface area contributed by atoms with Crippen LogP contribution in [-0.4, -0.2) is 11.3 Å². The van der Waals surface area contributed by atoms with E-state index in [1.165, 1.54) is 108 Å². The SMILES string of the molecule is c1ccc(-c2ccc(N3c4ccc(-c5ccccc5)cc4B4c5c(cc6c(sc7ccccc76)c53)-c3cccc5c6cc7ccccc7cc6n4c35)cc2)cc1. The highest BCUT2D eigenvalue weighted by Crippen LogP contribution is 2.51. The van der Waals surface area contributed by atoms with Crippen LogP contribution in [0, 0.1) is 0 Å². The predicted molar refractivity (Wildman–Crippen MR) is 241 cm³/mol. The molecular formula is C52H31BN2S. The number of rotatable bonds is 3. The van der Waals surface area contributed by atoms with Crippen LogP contribution < -0.4 is 15.8 Å². The molecule has 0 radical (unpaired) electrons. The second kappa shape index (κ2) is 11.3. The number of anilines is 3. The average molecular weight is 727 g/mol. The standard InChI is InChI=1S/C52H31BN2S/c1-3-12-32(13-4-1)34-22-25-38(26-23-34)54-46-27-24-37(33-14-5-2-6-15-33)29-45(46)53-49-43(31-44-39-18-9-10-21-48(39)56-52(44)51(49)54)41-20-11-19-40-42-28-35-16-7-8-17-36(35)30-47(42)55(53)50(40)41/h1-31H. The minimum Gasteiger partial charge on any atom is -0.375 e. The fraction of sp³-hybridized carbons (Fsp3) is 0. The van der Waals surface area contributed by atoms with E-state index in [-0.39, 0.29) is 6.85 Å². The van der Waals surface area contributed by atoms with Gasteiger partial charge in [0.2, 0.25) is 0 Å². The van der Waals surface area contributed by atoms with Crippen LogP contribution in [0.4, 0.5) is 17.1 Å². The molecule has 4 heterocycles. The van der Waals surface area contributed by atoms with Gasteiger partial charge < -0.3 is 9.38 Å². The van der Waals surface area contributed by atoms with Crippen LogP contribution in [0.25, 0.3) is 86.1 Å². The molecular weight excluding hydrogens is 695 g/mol. The molecule has 2 aliphatic heterocycles. The van der Waals surface area contributed by atoms with E-state index in [0.717, 1.165) is 5.69 Å². The summed E-state index contributed by atoms with van der Waals surface area (Å²) in [6, 6.07) is 70.1. The molecule has 0 saturated carbocycles. The third-order valence-electron chi connectivity index (χ3n) is 12.3. The zero-order chi connectivity index (χ0) is 36.5. The van der Waals surface area contributed by atoms with Crippen LogP contribution in [0.5, 0.6) is 0 Å². The van der Waals surface area contributed by atoms with Gasteiger partial charge in [0.25, 0.3) is 0 Å². The van der Waals surface area contributed by atoms with Crippen molar-refractivity contribution in [3.8, 4) is 33.4 Å². The van der Waals surface area contributed by atoms with E-state index in [4.69, 9.17) is 0 Å². The third kappa shape index (κ3) is 4.11. The summed E-state index contributed by atoms with van der Waals surface area (Å²) in [7, 11) is 0. The van der Waals surface area contributed by atoms with Gasteiger partial charge in [0, 0.05) is 54.2 Å². The minimum atomic E-state index is -0.0378. The van der Waals surface area contributed by atoms with Gasteiger partial charge in [-0.1, -0.05) is 146 Å². The molecule has 2 aromatic heterocycles. The molecule has 0 saturated heterocycles.